The fourth-order valence-electron chi connectivity index (χ4n) is 4.68. The summed E-state index contributed by atoms with van der Waals surface area (Å²) in [4.78, 5) is 18.8. The summed E-state index contributed by atoms with van der Waals surface area (Å²) >= 11 is 0. The van der Waals surface area contributed by atoms with Gasteiger partial charge in [-0.25, -0.2) is 0 Å². The molecular formula is C22H31N3O. The highest BCUT2D eigenvalue weighted by Crippen LogP contribution is 2.44. The maximum Gasteiger partial charge on any atom is 0.224 e. The van der Waals surface area contributed by atoms with Gasteiger partial charge in [-0.3, -0.25) is 4.79 Å². The molecule has 2 heterocycles. The zero-order valence-corrected chi connectivity index (χ0v) is 16.6. The molecule has 2 aliphatic rings. The second-order valence-electron chi connectivity index (χ2n) is 9.43. The first kappa shape index (κ1) is 17.6. The molecule has 140 valence electrons. The number of H-pyrrole nitrogens is 1. The molecule has 1 aliphatic carbocycles. The first-order valence-electron chi connectivity index (χ1n) is 9.85. The molecule has 0 saturated carbocycles. The number of rotatable bonds is 2. The Balaban J connectivity index is 1.60. The molecule has 2 N–H and O–H groups in total. The van der Waals surface area contributed by atoms with Gasteiger partial charge in [0, 0.05) is 41.6 Å². The van der Waals surface area contributed by atoms with Crippen molar-refractivity contribution in [2.75, 3.05) is 13.6 Å². The molecule has 4 heteroatoms. The third-order valence-corrected chi connectivity index (χ3v) is 6.75. The quantitative estimate of drug-likeness (QED) is 0.865. The summed E-state index contributed by atoms with van der Waals surface area (Å²) < 4.78 is 0. The SMILES string of the molecule is CC(NC(=O)[C@@H]1C[C@@H]2c3cccc4[nH]cc(c34)C[C@H]2N(C)C1)C(C)(C)C. The number of carbonyl (C=O) groups excluding carboxylic acids is 1. The Bertz CT molecular complexity index is 832. The van der Waals surface area contributed by atoms with Crippen LogP contribution in [0.5, 0.6) is 0 Å². The van der Waals surface area contributed by atoms with Crippen LogP contribution in [0.4, 0.5) is 0 Å². The Morgan fingerprint density at radius 3 is 2.85 bits per heavy atom. The second kappa shape index (κ2) is 6.12. The van der Waals surface area contributed by atoms with Crippen LogP contribution >= 0.6 is 0 Å². The van der Waals surface area contributed by atoms with Crippen LogP contribution in [0.2, 0.25) is 0 Å². The number of likely N-dealkylation sites (N-methyl/N-ethyl adjacent to an activating group) is 1. The Hall–Kier alpha value is -1.81. The van der Waals surface area contributed by atoms with Crippen molar-refractivity contribution < 1.29 is 4.79 Å². The van der Waals surface area contributed by atoms with E-state index in [1.54, 1.807) is 0 Å². The number of fused-ring (bicyclic) bond motifs is 2. The minimum atomic E-state index is 0.0572. The van der Waals surface area contributed by atoms with Gasteiger partial charge in [0.15, 0.2) is 0 Å². The molecule has 0 bridgehead atoms. The summed E-state index contributed by atoms with van der Waals surface area (Å²) in [7, 11) is 2.18. The van der Waals surface area contributed by atoms with Crippen molar-refractivity contribution in [3.63, 3.8) is 0 Å². The predicted molar refractivity (Wildman–Crippen MR) is 106 cm³/mol. The maximum absolute atomic E-state index is 13.0. The highest BCUT2D eigenvalue weighted by molar-refractivity contribution is 5.88. The molecule has 1 aromatic carbocycles. The highest BCUT2D eigenvalue weighted by Gasteiger charge is 2.41. The minimum absolute atomic E-state index is 0.0572. The number of carbonyl (C=O) groups is 1. The van der Waals surface area contributed by atoms with Gasteiger partial charge in [0.05, 0.1) is 5.92 Å². The topological polar surface area (TPSA) is 48.1 Å². The van der Waals surface area contributed by atoms with Gasteiger partial charge in [-0.1, -0.05) is 32.9 Å². The summed E-state index contributed by atoms with van der Waals surface area (Å²) in [6.07, 6.45) is 4.19. The summed E-state index contributed by atoms with van der Waals surface area (Å²) in [6, 6.07) is 7.23. The Labute approximate surface area is 156 Å². The van der Waals surface area contributed by atoms with Crippen molar-refractivity contribution >= 4 is 16.8 Å². The van der Waals surface area contributed by atoms with Crippen LogP contribution < -0.4 is 5.32 Å². The van der Waals surface area contributed by atoms with E-state index in [2.05, 4.69) is 74.3 Å². The predicted octanol–water partition coefficient (Wildman–Crippen LogP) is 3.68. The van der Waals surface area contributed by atoms with Gasteiger partial charge in [0.25, 0.3) is 0 Å². The van der Waals surface area contributed by atoms with E-state index in [4.69, 9.17) is 0 Å². The number of benzene rings is 1. The lowest BCUT2D eigenvalue weighted by Gasteiger charge is -2.45. The fourth-order valence-corrected chi connectivity index (χ4v) is 4.68. The number of piperidine rings is 1. The monoisotopic (exact) mass is 353 g/mol. The first-order valence-corrected chi connectivity index (χ1v) is 9.85. The normalized spacial score (nSPS) is 27.2. The van der Waals surface area contributed by atoms with E-state index in [-0.39, 0.29) is 23.3 Å². The van der Waals surface area contributed by atoms with Crippen molar-refractivity contribution in [3.05, 3.63) is 35.5 Å². The van der Waals surface area contributed by atoms with Crippen LogP contribution in [-0.4, -0.2) is 41.5 Å². The van der Waals surface area contributed by atoms with Gasteiger partial charge in [0.1, 0.15) is 0 Å². The average Bonchev–Trinajstić information content (AvgIpc) is 2.99. The molecule has 0 radical (unpaired) electrons. The Kier molecular flexibility index (Phi) is 4.14. The van der Waals surface area contributed by atoms with E-state index in [9.17, 15) is 4.79 Å². The van der Waals surface area contributed by atoms with Gasteiger partial charge in [0.2, 0.25) is 5.91 Å². The van der Waals surface area contributed by atoms with Gasteiger partial charge >= 0.3 is 0 Å². The molecule has 2 aromatic rings. The molecule has 4 nitrogen and oxygen atoms in total. The van der Waals surface area contributed by atoms with E-state index in [1.165, 1.54) is 22.0 Å². The van der Waals surface area contributed by atoms with Gasteiger partial charge in [-0.2, -0.15) is 0 Å². The average molecular weight is 354 g/mol. The van der Waals surface area contributed by atoms with Crippen LogP contribution in [0.3, 0.4) is 0 Å². The molecule has 4 atom stereocenters. The van der Waals surface area contributed by atoms with Gasteiger partial charge < -0.3 is 15.2 Å². The van der Waals surface area contributed by atoms with E-state index in [0.717, 1.165) is 19.4 Å². The molecule has 0 spiro atoms. The first-order chi connectivity index (χ1) is 12.3. The standard InChI is InChI=1S/C22H31N3O/c1-13(22(2,3)4)24-21(26)15-9-17-16-7-6-8-18-20(16)14(11-23-18)10-19(17)25(5)12-15/h6-8,11,13,15,17,19,23H,9-10,12H2,1-5H3,(H,24,26)/t13?,15-,17-,19-/m1/s1. The smallest absolute Gasteiger partial charge is 0.224 e. The number of nitrogens with one attached hydrogen (secondary N) is 2. The van der Waals surface area contributed by atoms with Crippen molar-refractivity contribution in [1.29, 1.82) is 0 Å². The molecule has 1 fully saturated rings. The summed E-state index contributed by atoms with van der Waals surface area (Å²) in [6.45, 7) is 9.49. The van der Waals surface area contributed by atoms with Crippen LogP contribution in [0.25, 0.3) is 10.9 Å². The highest BCUT2D eigenvalue weighted by atomic mass is 16.2. The zero-order valence-electron chi connectivity index (χ0n) is 16.6. The van der Waals surface area contributed by atoms with Crippen molar-refractivity contribution in [3.8, 4) is 0 Å². The molecule has 1 aromatic heterocycles. The third kappa shape index (κ3) is 2.84. The Morgan fingerprint density at radius 2 is 2.12 bits per heavy atom. The molecule has 26 heavy (non-hydrogen) atoms. The number of aromatic amines is 1. The van der Waals surface area contributed by atoms with E-state index >= 15 is 0 Å². The number of hydrogen-bond acceptors (Lipinski definition) is 2. The van der Waals surface area contributed by atoms with Crippen LogP contribution in [-0.2, 0) is 11.2 Å². The lowest BCUT2D eigenvalue weighted by Crippen LogP contribution is -2.53. The number of likely N-dealkylation sites (tertiary alicyclic amines) is 1. The zero-order chi connectivity index (χ0) is 18.6. The largest absolute Gasteiger partial charge is 0.361 e. The van der Waals surface area contributed by atoms with E-state index in [1.807, 2.05) is 0 Å². The summed E-state index contributed by atoms with van der Waals surface area (Å²) in [5.74, 6) is 0.702. The van der Waals surface area contributed by atoms with Gasteiger partial charge in [-0.05, 0) is 49.4 Å². The Morgan fingerprint density at radius 1 is 1.35 bits per heavy atom. The lowest BCUT2D eigenvalue weighted by atomic mass is 9.72. The number of nitrogens with zero attached hydrogens (tertiary/aromatic N) is 1. The van der Waals surface area contributed by atoms with Crippen molar-refractivity contribution in [2.24, 2.45) is 11.3 Å². The van der Waals surface area contributed by atoms with E-state index < -0.39 is 0 Å². The summed E-state index contributed by atoms with van der Waals surface area (Å²) in [5.41, 5.74) is 4.15. The summed E-state index contributed by atoms with van der Waals surface area (Å²) in [5, 5.41) is 4.67. The van der Waals surface area contributed by atoms with Gasteiger partial charge in [-0.15, -0.1) is 0 Å². The maximum atomic E-state index is 13.0. The molecule has 4 rings (SSSR count). The fraction of sp³-hybridized carbons (Fsp3) is 0.591. The molecule has 1 unspecified atom stereocenters. The number of amides is 1. The van der Waals surface area contributed by atoms with Crippen molar-refractivity contribution in [2.45, 2.75) is 58.5 Å². The molecule has 1 amide bonds. The number of aromatic nitrogens is 1. The lowest BCUT2D eigenvalue weighted by molar-refractivity contribution is -0.128. The molecule has 1 aliphatic heterocycles. The van der Waals surface area contributed by atoms with Crippen LogP contribution in [0.15, 0.2) is 24.4 Å². The van der Waals surface area contributed by atoms with E-state index in [0.29, 0.717) is 12.0 Å². The third-order valence-electron chi connectivity index (χ3n) is 6.75. The second-order valence-corrected chi connectivity index (χ2v) is 9.43. The number of hydrogen-bond donors (Lipinski definition) is 2. The van der Waals surface area contributed by atoms with Crippen LogP contribution in [0, 0.1) is 11.3 Å². The van der Waals surface area contributed by atoms with Crippen LogP contribution in [0.1, 0.15) is 51.2 Å². The molecule has 1 saturated heterocycles. The molecular weight excluding hydrogens is 322 g/mol. The van der Waals surface area contributed by atoms with Crippen molar-refractivity contribution in [1.82, 2.24) is 15.2 Å². The minimum Gasteiger partial charge on any atom is -0.361 e.